The van der Waals surface area contributed by atoms with E-state index in [2.05, 4.69) is 85.8 Å². The van der Waals surface area contributed by atoms with E-state index in [4.69, 9.17) is 13.3 Å². The Bertz CT molecular complexity index is 838. The second-order valence-corrected chi connectivity index (χ2v) is 29.7. The minimum absolute atomic E-state index is 0.281. The second kappa shape index (κ2) is 9.72. The predicted molar refractivity (Wildman–Crippen MR) is 161 cm³/mol. The van der Waals surface area contributed by atoms with Gasteiger partial charge in [0.15, 0.2) is 25.0 Å². The van der Waals surface area contributed by atoms with Crippen molar-refractivity contribution in [2.75, 3.05) is 0 Å². The van der Waals surface area contributed by atoms with Gasteiger partial charge in [-0.3, -0.25) is 0 Å². The fraction of sp³-hybridized carbons (Fsp3) is 0.933. The fourth-order valence-electron chi connectivity index (χ4n) is 9.30. The van der Waals surface area contributed by atoms with Crippen molar-refractivity contribution in [2.24, 2.45) is 34.5 Å². The summed E-state index contributed by atoms with van der Waals surface area (Å²) in [6, 6.07) is 0. The van der Waals surface area contributed by atoms with Gasteiger partial charge >= 0.3 is 0 Å². The van der Waals surface area contributed by atoms with Crippen LogP contribution < -0.4 is 0 Å². The Balaban J connectivity index is 1.61. The lowest BCUT2D eigenvalue weighted by Gasteiger charge is -2.58. The molecule has 0 aliphatic heterocycles. The van der Waals surface area contributed by atoms with Crippen LogP contribution in [-0.2, 0) is 13.3 Å². The minimum atomic E-state index is -1.65. The third kappa shape index (κ3) is 5.89. The first-order valence-corrected chi connectivity index (χ1v) is 25.3. The van der Waals surface area contributed by atoms with Crippen LogP contribution in [0.2, 0.25) is 58.9 Å². The third-order valence-corrected chi connectivity index (χ3v) is 13.3. The van der Waals surface area contributed by atoms with Crippen LogP contribution in [0.25, 0.3) is 0 Å². The lowest BCUT2D eigenvalue weighted by atomic mass is 9.47. The molecule has 0 bridgehead atoms. The van der Waals surface area contributed by atoms with Gasteiger partial charge in [0.2, 0.25) is 0 Å². The number of rotatable bonds is 7. The molecule has 0 aromatic rings. The number of hydrogen-bond acceptors (Lipinski definition) is 3. The van der Waals surface area contributed by atoms with Crippen LogP contribution in [0.15, 0.2) is 11.6 Å². The van der Waals surface area contributed by atoms with Crippen LogP contribution in [0.1, 0.15) is 65.7 Å². The summed E-state index contributed by atoms with van der Waals surface area (Å²) in [5.41, 5.74) is 2.43. The highest BCUT2D eigenvalue weighted by Crippen LogP contribution is 2.67. The van der Waals surface area contributed by atoms with Crippen LogP contribution >= 0.6 is 0 Å². The summed E-state index contributed by atoms with van der Waals surface area (Å²) >= 11 is 0. The molecule has 0 saturated heterocycles. The first-order chi connectivity index (χ1) is 16.3. The van der Waals surface area contributed by atoms with E-state index in [0.29, 0.717) is 29.0 Å². The molecular formula is C30H58O3Si3. The predicted octanol–water partition coefficient (Wildman–Crippen LogP) is 8.86. The van der Waals surface area contributed by atoms with E-state index in [-0.39, 0.29) is 6.10 Å². The summed E-state index contributed by atoms with van der Waals surface area (Å²) in [7, 11) is -4.77. The highest BCUT2D eigenvalue weighted by Gasteiger charge is 2.63. The topological polar surface area (TPSA) is 27.7 Å². The maximum Gasteiger partial charge on any atom is 0.184 e. The Kier molecular flexibility index (Phi) is 7.90. The lowest BCUT2D eigenvalue weighted by molar-refractivity contribution is -0.0711. The lowest BCUT2D eigenvalue weighted by Crippen LogP contribution is -2.53. The molecule has 3 nitrogen and oxygen atoms in total. The maximum absolute atomic E-state index is 7.02. The van der Waals surface area contributed by atoms with Crippen molar-refractivity contribution in [1.29, 1.82) is 0 Å². The zero-order valence-electron chi connectivity index (χ0n) is 25.8. The van der Waals surface area contributed by atoms with Crippen molar-refractivity contribution in [3.63, 3.8) is 0 Å². The molecule has 0 aromatic heterocycles. The molecule has 0 radical (unpaired) electrons. The normalized spacial score (nSPS) is 42.3. The average Bonchev–Trinajstić information content (AvgIpc) is 2.96. The molecule has 36 heavy (non-hydrogen) atoms. The fourth-order valence-corrected chi connectivity index (χ4v) is 12.9. The van der Waals surface area contributed by atoms with Crippen LogP contribution in [0.4, 0.5) is 0 Å². The molecule has 3 saturated carbocycles. The first-order valence-electron chi connectivity index (χ1n) is 15.1. The minimum Gasteiger partial charge on any atom is -0.415 e. The van der Waals surface area contributed by atoms with E-state index in [9.17, 15) is 0 Å². The molecule has 0 amide bonds. The molecule has 4 aliphatic rings. The smallest absolute Gasteiger partial charge is 0.184 e. The Morgan fingerprint density at radius 2 is 1.47 bits per heavy atom. The summed E-state index contributed by atoms with van der Waals surface area (Å²) in [5.74, 6) is 2.88. The molecule has 0 spiro atoms. The summed E-state index contributed by atoms with van der Waals surface area (Å²) < 4.78 is 20.5. The van der Waals surface area contributed by atoms with Crippen LogP contribution in [0, 0.1) is 34.5 Å². The van der Waals surface area contributed by atoms with Gasteiger partial charge in [-0.2, -0.15) is 0 Å². The molecule has 3 fully saturated rings. The Hall–Kier alpha value is 0.271. The van der Waals surface area contributed by atoms with E-state index >= 15 is 0 Å². The van der Waals surface area contributed by atoms with Crippen molar-refractivity contribution >= 4 is 25.0 Å². The van der Waals surface area contributed by atoms with Gasteiger partial charge in [0.25, 0.3) is 0 Å². The summed E-state index contributed by atoms with van der Waals surface area (Å²) in [6.07, 6.45) is 12.7. The van der Waals surface area contributed by atoms with Gasteiger partial charge in [-0.1, -0.05) is 25.5 Å². The van der Waals surface area contributed by atoms with E-state index in [1.165, 1.54) is 44.9 Å². The molecule has 6 heteroatoms. The summed E-state index contributed by atoms with van der Waals surface area (Å²) in [6.45, 7) is 28.8. The summed E-state index contributed by atoms with van der Waals surface area (Å²) in [5, 5.41) is 0. The van der Waals surface area contributed by atoms with Crippen molar-refractivity contribution in [3.8, 4) is 0 Å². The van der Waals surface area contributed by atoms with Crippen LogP contribution in [0.5, 0.6) is 0 Å². The first kappa shape index (κ1) is 29.3. The number of hydrogen-bond donors (Lipinski definition) is 0. The molecule has 0 aromatic carbocycles. The van der Waals surface area contributed by atoms with Crippen molar-refractivity contribution in [3.05, 3.63) is 11.6 Å². The van der Waals surface area contributed by atoms with Gasteiger partial charge in [0, 0.05) is 18.1 Å². The third-order valence-electron chi connectivity index (χ3n) is 10.2. The van der Waals surface area contributed by atoms with Crippen molar-refractivity contribution in [2.45, 2.75) is 143 Å². The quantitative estimate of drug-likeness (QED) is 0.234. The van der Waals surface area contributed by atoms with Crippen LogP contribution in [0.3, 0.4) is 0 Å². The number of allylic oxidation sites excluding steroid dienone is 1. The molecule has 3 unspecified atom stereocenters. The highest BCUT2D eigenvalue weighted by atomic mass is 28.4. The van der Waals surface area contributed by atoms with Gasteiger partial charge in [-0.25, -0.2) is 0 Å². The monoisotopic (exact) mass is 550 g/mol. The Morgan fingerprint density at radius 3 is 2.06 bits per heavy atom. The van der Waals surface area contributed by atoms with E-state index in [1.807, 2.05) is 0 Å². The van der Waals surface area contributed by atoms with Gasteiger partial charge in [0.05, 0.1) is 6.10 Å². The highest BCUT2D eigenvalue weighted by molar-refractivity contribution is 6.70. The SMILES string of the molecule is CC(O[Si](C)(C)C)[C@H]1C(O[Si](C)(C)C)C[C@H]2[C@@H]3CC=C4CC(O[Si](C)(C)C)CC[C@]4(C)[C@H]3CC[C@]12C. The van der Waals surface area contributed by atoms with E-state index < -0.39 is 25.0 Å². The molecule has 4 aliphatic carbocycles. The van der Waals surface area contributed by atoms with E-state index in [1.54, 1.807) is 5.57 Å². The van der Waals surface area contributed by atoms with Gasteiger partial charge in [-0.05, 0) is 139 Å². The molecule has 9 atom stereocenters. The molecule has 0 heterocycles. The van der Waals surface area contributed by atoms with Gasteiger partial charge in [-0.15, -0.1) is 0 Å². The Morgan fingerprint density at radius 1 is 0.833 bits per heavy atom. The largest absolute Gasteiger partial charge is 0.415 e. The van der Waals surface area contributed by atoms with Crippen LogP contribution in [-0.4, -0.2) is 43.3 Å². The maximum atomic E-state index is 7.02. The Labute approximate surface area is 226 Å². The average molecular weight is 551 g/mol. The van der Waals surface area contributed by atoms with Gasteiger partial charge in [0.1, 0.15) is 0 Å². The zero-order chi connectivity index (χ0) is 26.9. The zero-order valence-corrected chi connectivity index (χ0v) is 28.8. The van der Waals surface area contributed by atoms with Gasteiger partial charge < -0.3 is 13.3 Å². The molecule has 4 rings (SSSR count). The molecular weight excluding hydrogens is 493 g/mol. The van der Waals surface area contributed by atoms with Crippen molar-refractivity contribution < 1.29 is 13.3 Å². The molecule has 0 N–H and O–H groups in total. The van der Waals surface area contributed by atoms with Crippen molar-refractivity contribution in [1.82, 2.24) is 0 Å². The molecule has 208 valence electrons. The number of fused-ring (bicyclic) bond motifs is 5. The summed E-state index contributed by atoms with van der Waals surface area (Å²) in [4.78, 5) is 0. The van der Waals surface area contributed by atoms with E-state index in [0.717, 1.165) is 17.8 Å². The second-order valence-electron chi connectivity index (χ2n) is 16.4. The standard InChI is InChI=1S/C30H58O3Si3/c1-21(31-34(4,5)6)28-27(33-36(10,11)12)20-26-24-14-13-22-19-23(32-35(7,8)9)15-17-29(22,2)25(24)16-18-30(26,28)3/h13,21,23-28H,14-20H2,1-12H3/t21?,23?,24-,25+,26+,27?,28+,29+,30+/m1/s1.